The molecule has 1 amide bonds. The topological polar surface area (TPSA) is 44.4 Å². The Morgan fingerprint density at radius 1 is 1.29 bits per heavy atom. The maximum Gasteiger partial charge on any atom is 0.224 e. The molecule has 0 aromatic carbocycles. The average Bonchev–Trinajstić information content (AvgIpc) is 2.90. The van der Waals surface area contributed by atoms with Crippen molar-refractivity contribution in [3.63, 3.8) is 0 Å². The number of hydrogen-bond acceptors (Lipinski definition) is 3. The molecule has 2 saturated heterocycles. The maximum atomic E-state index is 12.1. The third-order valence-electron chi connectivity index (χ3n) is 4.49. The SMILES string of the molecule is CC1NCCC1C(=O)NC1CCN(C2CC2)C1. The third-order valence-corrected chi connectivity index (χ3v) is 4.49. The Labute approximate surface area is 103 Å². The molecule has 2 N–H and O–H groups in total. The molecule has 0 aromatic heterocycles. The van der Waals surface area contributed by atoms with E-state index < -0.39 is 0 Å². The summed E-state index contributed by atoms with van der Waals surface area (Å²) in [6, 6.07) is 1.58. The number of carbonyl (C=O) groups is 1. The Kier molecular flexibility index (Phi) is 3.09. The second-order valence-corrected chi connectivity index (χ2v) is 5.86. The summed E-state index contributed by atoms with van der Waals surface area (Å²) in [5.41, 5.74) is 0. The summed E-state index contributed by atoms with van der Waals surface area (Å²) in [7, 11) is 0. The summed E-state index contributed by atoms with van der Waals surface area (Å²) in [4.78, 5) is 14.7. The quantitative estimate of drug-likeness (QED) is 0.744. The molecule has 0 aromatic rings. The number of carbonyl (C=O) groups excluding carboxylic acids is 1. The van der Waals surface area contributed by atoms with Gasteiger partial charge in [-0.1, -0.05) is 0 Å². The van der Waals surface area contributed by atoms with Crippen molar-refractivity contribution in [2.24, 2.45) is 5.92 Å². The molecule has 3 fully saturated rings. The van der Waals surface area contributed by atoms with Crippen LogP contribution in [0.4, 0.5) is 0 Å². The van der Waals surface area contributed by atoms with Crippen molar-refractivity contribution in [1.82, 2.24) is 15.5 Å². The first-order valence-electron chi connectivity index (χ1n) is 7.02. The minimum absolute atomic E-state index is 0.185. The summed E-state index contributed by atoms with van der Waals surface area (Å²) in [5.74, 6) is 0.454. The van der Waals surface area contributed by atoms with Gasteiger partial charge in [0.15, 0.2) is 0 Å². The van der Waals surface area contributed by atoms with E-state index in [0.29, 0.717) is 12.1 Å². The first-order chi connectivity index (χ1) is 8.24. The fourth-order valence-electron chi connectivity index (χ4n) is 3.20. The summed E-state index contributed by atoms with van der Waals surface area (Å²) in [6.07, 6.45) is 4.86. The Morgan fingerprint density at radius 3 is 2.76 bits per heavy atom. The molecule has 0 bridgehead atoms. The maximum absolute atomic E-state index is 12.1. The van der Waals surface area contributed by atoms with Crippen LogP contribution in [0.25, 0.3) is 0 Å². The van der Waals surface area contributed by atoms with E-state index in [1.165, 1.54) is 19.4 Å². The minimum atomic E-state index is 0.185. The lowest BCUT2D eigenvalue weighted by Gasteiger charge is -2.19. The number of likely N-dealkylation sites (tertiary alicyclic amines) is 1. The molecule has 1 saturated carbocycles. The number of rotatable bonds is 3. The van der Waals surface area contributed by atoms with E-state index in [1.54, 1.807) is 0 Å². The van der Waals surface area contributed by atoms with Crippen molar-refractivity contribution in [3.05, 3.63) is 0 Å². The van der Waals surface area contributed by atoms with E-state index in [0.717, 1.165) is 32.0 Å². The van der Waals surface area contributed by atoms with Crippen molar-refractivity contribution < 1.29 is 4.79 Å². The molecule has 2 aliphatic heterocycles. The predicted molar refractivity (Wildman–Crippen MR) is 66.7 cm³/mol. The molecule has 17 heavy (non-hydrogen) atoms. The highest BCUT2D eigenvalue weighted by Crippen LogP contribution is 2.30. The number of nitrogens with zero attached hydrogens (tertiary/aromatic N) is 1. The van der Waals surface area contributed by atoms with Crippen LogP contribution in [0.2, 0.25) is 0 Å². The van der Waals surface area contributed by atoms with Crippen LogP contribution in [0.15, 0.2) is 0 Å². The van der Waals surface area contributed by atoms with Crippen molar-refractivity contribution in [2.45, 2.75) is 50.7 Å². The molecular formula is C13H23N3O. The van der Waals surface area contributed by atoms with Gasteiger partial charge in [-0.05, 0) is 39.2 Å². The van der Waals surface area contributed by atoms with Crippen LogP contribution in [0, 0.1) is 5.92 Å². The molecule has 4 heteroatoms. The lowest BCUT2D eigenvalue weighted by atomic mass is 10.0. The van der Waals surface area contributed by atoms with Gasteiger partial charge in [0.1, 0.15) is 0 Å². The highest BCUT2D eigenvalue weighted by Gasteiger charge is 2.36. The molecule has 3 aliphatic rings. The van der Waals surface area contributed by atoms with Crippen LogP contribution in [-0.4, -0.2) is 48.6 Å². The van der Waals surface area contributed by atoms with E-state index in [-0.39, 0.29) is 11.8 Å². The molecule has 3 rings (SSSR count). The van der Waals surface area contributed by atoms with Gasteiger partial charge in [-0.2, -0.15) is 0 Å². The Balaban J connectivity index is 1.48. The molecular weight excluding hydrogens is 214 g/mol. The van der Waals surface area contributed by atoms with Crippen LogP contribution in [0.3, 0.4) is 0 Å². The third kappa shape index (κ3) is 2.47. The molecule has 3 unspecified atom stereocenters. The molecule has 4 nitrogen and oxygen atoms in total. The second-order valence-electron chi connectivity index (χ2n) is 5.86. The van der Waals surface area contributed by atoms with Gasteiger partial charge in [0.05, 0.1) is 5.92 Å². The smallest absolute Gasteiger partial charge is 0.224 e. The van der Waals surface area contributed by atoms with Gasteiger partial charge in [0.2, 0.25) is 5.91 Å². The average molecular weight is 237 g/mol. The Morgan fingerprint density at radius 2 is 2.12 bits per heavy atom. The Hall–Kier alpha value is -0.610. The van der Waals surface area contributed by atoms with Crippen molar-refractivity contribution in [2.75, 3.05) is 19.6 Å². The summed E-state index contributed by atoms with van der Waals surface area (Å²) in [6.45, 7) is 5.35. The van der Waals surface area contributed by atoms with Gasteiger partial charge in [-0.25, -0.2) is 0 Å². The normalized spacial score (nSPS) is 38.5. The zero-order valence-corrected chi connectivity index (χ0v) is 10.6. The van der Waals surface area contributed by atoms with Gasteiger partial charge in [0, 0.05) is 31.2 Å². The lowest BCUT2D eigenvalue weighted by Crippen LogP contribution is -2.43. The zero-order chi connectivity index (χ0) is 11.8. The zero-order valence-electron chi connectivity index (χ0n) is 10.6. The van der Waals surface area contributed by atoms with Crippen LogP contribution in [-0.2, 0) is 4.79 Å². The van der Waals surface area contributed by atoms with Gasteiger partial charge < -0.3 is 10.6 Å². The molecule has 1 aliphatic carbocycles. The molecule has 3 atom stereocenters. The van der Waals surface area contributed by atoms with Crippen LogP contribution in [0.1, 0.15) is 32.6 Å². The predicted octanol–water partition coefficient (Wildman–Crippen LogP) is 0.337. The van der Waals surface area contributed by atoms with Gasteiger partial charge in [0.25, 0.3) is 0 Å². The highest BCUT2D eigenvalue weighted by molar-refractivity contribution is 5.80. The number of amides is 1. The Bertz CT molecular complexity index is 303. The first-order valence-corrected chi connectivity index (χ1v) is 7.02. The van der Waals surface area contributed by atoms with Crippen LogP contribution in [0.5, 0.6) is 0 Å². The molecule has 0 spiro atoms. The first kappa shape index (κ1) is 11.5. The molecule has 0 radical (unpaired) electrons. The van der Waals surface area contributed by atoms with E-state index in [4.69, 9.17) is 0 Å². The largest absolute Gasteiger partial charge is 0.352 e. The summed E-state index contributed by atoms with van der Waals surface area (Å²) >= 11 is 0. The lowest BCUT2D eigenvalue weighted by molar-refractivity contribution is -0.125. The van der Waals surface area contributed by atoms with E-state index >= 15 is 0 Å². The summed E-state index contributed by atoms with van der Waals surface area (Å²) < 4.78 is 0. The second kappa shape index (κ2) is 4.58. The van der Waals surface area contributed by atoms with Crippen LogP contribution < -0.4 is 10.6 Å². The fraction of sp³-hybridized carbons (Fsp3) is 0.923. The van der Waals surface area contributed by atoms with Crippen molar-refractivity contribution in [1.29, 1.82) is 0 Å². The number of nitrogens with one attached hydrogen (secondary N) is 2. The fourth-order valence-corrected chi connectivity index (χ4v) is 3.20. The number of hydrogen-bond donors (Lipinski definition) is 2. The van der Waals surface area contributed by atoms with Gasteiger partial charge in [-0.3, -0.25) is 9.69 Å². The van der Waals surface area contributed by atoms with E-state index in [2.05, 4.69) is 22.5 Å². The van der Waals surface area contributed by atoms with E-state index in [9.17, 15) is 4.79 Å². The van der Waals surface area contributed by atoms with E-state index in [1.807, 2.05) is 0 Å². The monoisotopic (exact) mass is 237 g/mol. The van der Waals surface area contributed by atoms with Crippen molar-refractivity contribution in [3.8, 4) is 0 Å². The highest BCUT2D eigenvalue weighted by atomic mass is 16.2. The van der Waals surface area contributed by atoms with Gasteiger partial charge >= 0.3 is 0 Å². The van der Waals surface area contributed by atoms with Gasteiger partial charge in [-0.15, -0.1) is 0 Å². The summed E-state index contributed by atoms with van der Waals surface area (Å²) in [5, 5.41) is 6.58. The molecule has 96 valence electrons. The van der Waals surface area contributed by atoms with Crippen LogP contribution >= 0.6 is 0 Å². The van der Waals surface area contributed by atoms with Crippen molar-refractivity contribution >= 4 is 5.91 Å². The standard InChI is InChI=1S/C13H23N3O/c1-9-12(4-6-14-9)13(17)15-10-5-7-16(8-10)11-2-3-11/h9-12,14H,2-8H2,1H3,(H,15,17). The minimum Gasteiger partial charge on any atom is -0.352 e. The molecule has 2 heterocycles.